The standard InChI is InChI=1S/C16H23N3O2/c1-12-5-4-6-13(2)16(12)21-11-14(20)9-17-10-15-18-7-8-19(15)3/h4-8,14,17,20H,9-11H2,1-3H3. The normalized spacial score (nSPS) is 12.4. The van der Waals surface area contributed by atoms with Crippen molar-refractivity contribution in [3.8, 4) is 5.75 Å². The maximum atomic E-state index is 9.98. The number of para-hydroxylation sites is 1. The van der Waals surface area contributed by atoms with Crippen LogP contribution in [0, 0.1) is 13.8 Å². The van der Waals surface area contributed by atoms with Crippen LogP contribution in [0.5, 0.6) is 5.75 Å². The van der Waals surface area contributed by atoms with Gasteiger partial charge in [-0.1, -0.05) is 18.2 Å². The van der Waals surface area contributed by atoms with Crippen molar-refractivity contribution in [1.29, 1.82) is 0 Å². The van der Waals surface area contributed by atoms with Crippen molar-refractivity contribution < 1.29 is 9.84 Å². The van der Waals surface area contributed by atoms with Gasteiger partial charge in [0, 0.05) is 26.0 Å². The molecule has 0 radical (unpaired) electrons. The molecule has 0 fully saturated rings. The monoisotopic (exact) mass is 289 g/mol. The van der Waals surface area contributed by atoms with Crippen LogP contribution in [0.25, 0.3) is 0 Å². The summed E-state index contributed by atoms with van der Waals surface area (Å²) in [7, 11) is 1.95. The number of aromatic nitrogens is 2. The summed E-state index contributed by atoms with van der Waals surface area (Å²) in [6.07, 6.45) is 3.11. The molecule has 0 bridgehead atoms. The van der Waals surface area contributed by atoms with Gasteiger partial charge in [0.25, 0.3) is 0 Å². The summed E-state index contributed by atoms with van der Waals surface area (Å²) < 4.78 is 7.68. The highest BCUT2D eigenvalue weighted by Crippen LogP contribution is 2.22. The third-order valence-corrected chi connectivity index (χ3v) is 3.41. The largest absolute Gasteiger partial charge is 0.490 e. The number of aryl methyl sites for hydroxylation is 3. The van der Waals surface area contributed by atoms with Gasteiger partial charge in [-0.05, 0) is 25.0 Å². The topological polar surface area (TPSA) is 59.3 Å². The van der Waals surface area contributed by atoms with Crippen molar-refractivity contribution in [2.24, 2.45) is 7.05 Å². The van der Waals surface area contributed by atoms with Gasteiger partial charge < -0.3 is 19.7 Å². The Bertz CT molecular complexity index is 560. The number of aliphatic hydroxyl groups excluding tert-OH is 1. The maximum absolute atomic E-state index is 9.98. The number of nitrogens with zero attached hydrogens (tertiary/aromatic N) is 2. The molecule has 0 aliphatic rings. The number of rotatable bonds is 7. The Morgan fingerprint density at radius 1 is 1.33 bits per heavy atom. The molecule has 5 heteroatoms. The Morgan fingerprint density at radius 3 is 2.67 bits per heavy atom. The molecular formula is C16H23N3O2. The highest BCUT2D eigenvalue weighted by molar-refractivity contribution is 5.39. The van der Waals surface area contributed by atoms with Crippen LogP contribution < -0.4 is 10.1 Å². The van der Waals surface area contributed by atoms with Crippen LogP contribution in [-0.4, -0.2) is 33.9 Å². The maximum Gasteiger partial charge on any atom is 0.125 e. The lowest BCUT2D eigenvalue weighted by Crippen LogP contribution is -2.31. The van der Waals surface area contributed by atoms with Crippen LogP contribution in [0.4, 0.5) is 0 Å². The fourth-order valence-corrected chi connectivity index (χ4v) is 2.18. The summed E-state index contributed by atoms with van der Waals surface area (Å²) in [5, 5.41) is 13.2. The molecule has 5 nitrogen and oxygen atoms in total. The van der Waals surface area contributed by atoms with Crippen LogP contribution in [0.3, 0.4) is 0 Å². The van der Waals surface area contributed by atoms with Gasteiger partial charge >= 0.3 is 0 Å². The van der Waals surface area contributed by atoms with E-state index in [0.717, 1.165) is 22.7 Å². The summed E-state index contributed by atoms with van der Waals surface area (Å²) >= 11 is 0. The molecule has 0 aliphatic heterocycles. The smallest absolute Gasteiger partial charge is 0.125 e. The number of ether oxygens (including phenoxy) is 1. The SMILES string of the molecule is Cc1cccc(C)c1OCC(O)CNCc1nccn1C. The second-order valence-electron chi connectivity index (χ2n) is 5.27. The number of imidazole rings is 1. The predicted octanol–water partition coefficient (Wildman–Crippen LogP) is 1.57. The second kappa shape index (κ2) is 7.24. The van der Waals surface area contributed by atoms with Gasteiger partial charge in [-0.3, -0.25) is 0 Å². The molecule has 1 heterocycles. The molecule has 1 aromatic carbocycles. The Labute approximate surface area is 125 Å². The van der Waals surface area contributed by atoms with Gasteiger partial charge in [-0.15, -0.1) is 0 Å². The molecule has 0 saturated heterocycles. The van der Waals surface area contributed by atoms with Crippen LogP contribution in [0.2, 0.25) is 0 Å². The van der Waals surface area contributed by atoms with Crippen LogP contribution >= 0.6 is 0 Å². The van der Waals surface area contributed by atoms with Crippen LogP contribution in [0.1, 0.15) is 17.0 Å². The lowest BCUT2D eigenvalue weighted by molar-refractivity contribution is 0.105. The third kappa shape index (κ3) is 4.31. The zero-order valence-electron chi connectivity index (χ0n) is 12.8. The van der Waals surface area contributed by atoms with E-state index in [1.165, 1.54) is 0 Å². The van der Waals surface area contributed by atoms with E-state index in [0.29, 0.717) is 13.1 Å². The number of nitrogens with one attached hydrogen (secondary N) is 1. The van der Waals surface area contributed by atoms with Gasteiger partial charge in [0.1, 0.15) is 24.3 Å². The molecule has 1 atom stereocenters. The molecule has 0 saturated carbocycles. The number of benzene rings is 1. The average molecular weight is 289 g/mol. The minimum Gasteiger partial charge on any atom is -0.490 e. The number of aliphatic hydroxyl groups is 1. The summed E-state index contributed by atoms with van der Waals surface area (Å²) in [4.78, 5) is 4.22. The van der Waals surface area contributed by atoms with Crippen molar-refractivity contribution in [3.63, 3.8) is 0 Å². The van der Waals surface area contributed by atoms with Gasteiger partial charge in [-0.25, -0.2) is 4.98 Å². The van der Waals surface area contributed by atoms with Gasteiger partial charge in [0.2, 0.25) is 0 Å². The van der Waals surface area contributed by atoms with Crippen molar-refractivity contribution in [1.82, 2.24) is 14.9 Å². The molecule has 0 amide bonds. The Balaban J connectivity index is 1.75. The first-order valence-electron chi connectivity index (χ1n) is 7.12. The van der Waals surface area contributed by atoms with Gasteiger partial charge in [0.05, 0.1) is 6.54 Å². The van der Waals surface area contributed by atoms with E-state index >= 15 is 0 Å². The molecule has 2 N–H and O–H groups in total. The first kappa shape index (κ1) is 15.5. The first-order valence-corrected chi connectivity index (χ1v) is 7.12. The molecule has 1 aromatic heterocycles. The summed E-state index contributed by atoms with van der Waals surface area (Å²) in [6.45, 7) is 5.39. The third-order valence-electron chi connectivity index (χ3n) is 3.41. The predicted molar refractivity (Wildman–Crippen MR) is 82.3 cm³/mol. The molecule has 2 aromatic rings. The number of hydrogen-bond donors (Lipinski definition) is 2. The van der Waals surface area contributed by atoms with Crippen molar-refractivity contribution in [2.75, 3.05) is 13.2 Å². The average Bonchev–Trinajstić information content (AvgIpc) is 2.84. The molecule has 21 heavy (non-hydrogen) atoms. The first-order chi connectivity index (χ1) is 10.1. The zero-order valence-corrected chi connectivity index (χ0v) is 12.8. The lowest BCUT2D eigenvalue weighted by Gasteiger charge is -2.16. The van der Waals surface area contributed by atoms with Crippen LogP contribution in [-0.2, 0) is 13.6 Å². The van der Waals surface area contributed by atoms with Gasteiger partial charge in [-0.2, -0.15) is 0 Å². The minimum absolute atomic E-state index is 0.277. The molecule has 0 spiro atoms. The molecule has 2 rings (SSSR count). The van der Waals surface area contributed by atoms with E-state index < -0.39 is 6.10 Å². The minimum atomic E-state index is -0.552. The van der Waals surface area contributed by atoms with E-state index in [4.69, 9.17) is 4.74 Å². The summed E-state index contributed by atoms with van der Waals surface area (Å²) in [5.41, 5.74) is 2.17. The van der Waals surface area contributed by atoms with Crippen molar-refractivity contribution in [3.05, 3.63) is 47.5 Å². The summed E-state index contributed by atoms with van der Waals surface area (Å²) in [5.74, 6) is 1.80. The summed E-state index contributed by atoms with van der Waals surface area (Å²) in [6, 6.07) is 6.02. The van der Waals surface area contributed by atoms with Crippen molar-refractivity contribution >= 4 is 0 Å². The molecular weight excluding hydrogens is 266 g/mol. The molecule has 114 valence electrons. The van der Waals surface area contributed by atoms with Crippen LogP contribution in [0.15, 0.2) is 30.6 Å². The Morgan fingerprint density at radius 2 is 2.05 bits per heavy atom. The number of hydrogen-bond acceptors (Lipinski definition) is 4. The van der Waals surface area contributed by atoms with E-state index in [9.17, 15) is 5.11 Å². The zero-order chi connectivity index (χ0) is 15.2. The second-order valence-corrected chi connectivity index (χ2v) is 5.27. The molecule has 1 unspecified atom stereocenters. The highest BCUT2D eigenvalue weighted by atomic mass is 16.5. The van der Waals surface area contributed by atoms with E-state index in [1.54, 1.807) is 6.20 Å². The Hall–Kier alpha value is -1.85. The van der Waals surface area contributed by atoms with E-state index in [2.05, 4.69) is 10.3 Å². The quantitative estimate of drug-likeness (QED) is 0.812. The van der Waals surface area contributed by atoms with E-state index in [1.807, 2.05) is 49.9 Å². The Kier molecular flexibility index (Phi) is 5.36. The van der Waals surface area contributed by atoms with Crippen molar-refractivity contribution in [2.45, 2.75) is 26.5 Å². The molecule has 0 aliphatic carbocycles. The fraction of sp³-hybridized carbons (Fsp3) is 0.438. The highest BCUT2D eigenvalue weighted by Gasteiger charge is 2.09. The fourth-order valence-electron chi connectivity index (χ4n) is 2.18. The van der Waals surface area contributed by atoms with E-state index in [-0.39, 0.29) is 6.61 Å². The van der Waals surface area contributed by atoms with Gasteiger partial charge in [0.15, 0.2) is 0 Å². The lowest BCUT2D eigenvalue weighted by atomic mass is 10.1.